The highest BCUT2D eigenvalue weighted by atomic mass is 16.2. The molecule has 0 radical (unpaired) electrons. The molecule has 0 atom stereocenters. The van der Waals surface area contributed by atoms with Crippen LogP contribution in [0, 0.1) is 10.8 Å². The summed E-state index contributed by atoms with van der Waals surface area (Å²) in [5.74, 6) is 0.326. The first-order valence-corrected chi connectivity index (χ1v) is 8.07. The first-order valence-electron chi connectivity index (χ1n) is 8.07. The molecule has 0 aromatic rings. The molecule has 118 valence electrons. The summed E-state index contributed by atoms with van der Waals surface area (Å²) < 4.78 is 0. The lowest BCUT2D eigenvalue weighted by atomic mass is 9.90. The van der Waals surface area contributed by atoms with Gasteiger partial charge < -0.3 is 4.90 Å². The Hall–Kier alpha value is -0.570. The Labute approximate surface area is 125 Å². The van der Waals surface area contributed by atoms with E-state index in [-0.39, 0.29) is 5.41 Å². The standard InChI is InChI=1S/C17H34N2O/c1-16(2,3)8-7-9-18-10-12-19(13-11-18)15(20)14-17(4,5)6/h7-14H2,1-6H3. The van der Waals surface area contributed by atoms with Crippen molar-refractivity contribution < 1.29 is 4.79 Å². The molecule has 1 saturated heterocycles. The fourth-order valence-corrected chi connectivity index (χ4v) is 2.62. The SMILES string of the molecule is CC(C)(C)CCCN1CCN(C(=O)CC(C)(C)C)CC1. The molecule has 3 heteroatoms. The van der Waals surface area contributed by atoms with E-state index in [0.29, 0.717) is 17.7 Å². The predicted molar refractivity (Wildman–Crippen MR) is 85.8 cm³/mol. The van der Waals surface area contributed by atoms with Crippen LogP contribution in [0.5, 0.6) is 0 Å². The van der Waals surface area contributed by atoms with Crippen LogP contribution in [0.15, 0.2) is 0 Å². The average molecular weight is 282 g/mol. The Kier molecular flexibility index (Phi) is 6.06. The van der Waals surface area contributed by atoms with Crippen molar-refractivity contribution in [1.82, 2.24) is 9.80 Å². The van der Waals surface area contributed by atoms with Crippen molar-refractivity contribution in [2.75, 3.05) is 32.7 Å². The molecule has 20 heavy (non-hydrogen) atoms. The van der Waals surface area contributed by atoms with Crippen molar-refractivity contribution in [3.05, 3.63) is 0 Å². The van der Waals surface area contributed by atoms with Crippen LogP contribution in [0.3, 0.4) is 0 Å². The fraction of sp³-hybridized carbons (Fsp3) is 0.941. The van der Waals surface area contributed by atoms with Gasteiger partial charge in [0.05, 0.1) is 0 Å². The van der Waals surface area contributed by atoms with E-state index in [4.69, 9.17) is 0 Å². The first-order chi connectivity index (χ1) is 9.07. The molecule has 1 aliphatic rings. The number of carbonyl (C=O) groups is 1. The van der Waals surface area contributed by atoms with E-state index in [9.17, 15) is 4.79 Å². The van der Waals surface area contributed by atoms with Gasteiger partial charge in [0.1, 0.15) is 0 Å². The van der Waals surface area contributed by atoms with Crippen LogP contribution in [0.25, 0.3) is 0 Å². The van der Waals surface area contributed by atoms with Gasteiger partial charge in [0.25, 0.3) is 0 Å². The molecule has 1 amide bonds. The summed E-state index contributed by atoms with van der Waals surface area (Å²) in [6.07, 6.45) is 3.20. The molecule has 1 fully saturated rings. The summed E-state index contributed by atoms with van der Waals surface area (Å²) in [5.41, 5.74) is 0.533. The van der Waals surface area contributed by atoms with Gasteiger partial charge in [0, 0.05) is 32.6 Å². The molecule has 0 aromatic heterocycles. The normalized spacial score (nSPS) is 18.4. The molecule has 0 spiro atoms. The zero-order valence-corrected chi connectivity index (χ0v) is 14.5. The Morgan fingerprint density at radius 3 is 1.90 bits per heavy atom. The second-order valence-electron chi connectivity index (χ2n) is 8.62. The highest BCUT2D eigenvalue weighted by Crippen LogP contribution is 2.22. The van der Waals surface area contributed by atoms with Gasteiger partial charge in [0.15, 0.2) is 0 Å². The maximum atomic E-state index is 12.2. The van der Waals surface area contributed by atoms with Crippen molar-refractivity contribution in [2.24, 2.45) is 10.8 Å². The predicted octanol–water partition coefficient (Wildman–Crippen LogP) is 3.39. The molecule has 0 bridgehead atoms. The number of rotatable bonds is 4. The average Bonchev–Trinajstić information content (AvgIpc) is 2.25. The highest BCUT2D eigenvalue weighted by molar-refractivity contribution is 5.76. The summed E-state index contributed by atoms with van der Waals surface area (Å²) in [7, 11) is 0. The van der Waals surface area contributed by atoms with Crippen LogP contribution in [0.2, 0.25) is 0 Å². The quantitative estimate of drug-likeness (QED) is 0.789. The third-order valence-corrected chi connectivity index (χ3v) is 3.81. The molecule has 1 heterocycles. The number of amides is 1. The zero-order valence-electron chi connectivity index (χ0n) is 14.5. The molecule has 0 aliphatic carbocycles. The number of hydrogen-bond acceptors (Lipinski definition) is 2. The minimum absolute atomic E-state index is 0.0981. The zero-order chi connectivity index (χ0) is 15.4. The van der Waals surface area contributed by atoms with E-state index in [0.717, 1.165) is 26.2 Å². The third kappa shape index (κ3) is 7.28. The van der Waals surface area contributed by atoms with E-state index in [1.807, 2.05) is 4.90 Å². The Balaban J connectivity index is 2.25. The van der Waals surface area contributed by atoms with Crippen LogP contribution in [0.1, 0.15) is 60.8 Å². The Bertz CT molecular complexity index is 304. The van der Waals surface area contributed by atoms with Crippen molar-refractivity contribution in [1.29, 1.82) is 0 Å². The van der Waals surface area contributed by atoms with E-state index < -0.39 is 0 Å². The van der Waals surface area contributed by atoms with Crippen LogP contribution >= 0.6 is 0 Å². The minimum atomic E-state index is 0.0981. The van der Waals surface area contributed by atoms with Crippen LogP contribution in [-0.2, 0) is 4.79 Å². The van der Waals surface area contributed by atoms with Crippen LogP contribution in [0.4, 0.5) is 0 Å². The van der Waals surface area contributed by atoms with Crippen molar-refractivity contribution in [2.45, 2.75) is 60.8 Å². The highest BCUT2D eigenvalue weighted by Gasteiger charge is 2.24. The lowest BCUT2D eigenvalue weighted by Crippen LogP contribution is -2.49. The largest absolute Gasteiger partial charge is 0.340 e. The minimum Gasteiger partial charge on any atom is -0.340 e. The van der Waals surface area contributed by atoms with Gasteiger partial charge in [-0.3, -0.25) is 9.69 Å². The molecule has 0 N–H and O–H groups in total. The second kappa shape index (κ2) is 6.93. The van der Waals surface area contributed by atoms with Crippen molar-refractivity contribution in [3.63, 3.8) is 0 Å². The van der Waals surface area contributed by atoms with Gasteiger partial charge >= 0.3 is 0 Å². The molecule has 0 unspecified atom stereocenters. The van der Waals surface area contributed by atoms with Crippen LogP contribution < -0.4 is 0 Å². The third-order valence-electron chi connectivity index (χ3n) is 3.81. The van der Waals surface area contributed by atoms with E-state index >= 15 is 0 Å². The Morgan fingerprint density at radius 2 is 1.45 bits per heavy atom. The smallest absolute Gasteiger partial charge is 0.223 e. The van der Waals surface area contributed by atoms with Gasteiger partial charge in [-0.25, -0.2) is 0 Å². The summed E-state index contributed by atoms with van der Waals surface area (Å²) in [4.78, 5) is 16.7. The van der Waals surface area contributed by atoms with Gasteiger partial charge in [-0.15, -0.1) is 0 Å². The first kappa shape index (κ1) is 17.5. The summed E-state index contributed by atoms with van der Waals surface area (Å²) in [5, 5.41) is 0. The maximum absolute atomic E-state index is 12.2. The molecule has 3 nitrogen and oxygen atoms in total. The Morgan fingerprint density at radius 1 is 0.900 bits per heavy atom. The summed E-state index contributed by atoms with van der Waals surface area (Å²) >= 11 is 0. The summed E-state index contributed by atoms with van der Waals surface area (Å²) in [6.45, 7) is 18.4. The fourth-order valence-electron chi connectivity index (χ4n) is 2.62. The monoisotopic (exact) mass is 282 g/mol. The van der Waals surface area contributed by atoms with Gasteiger partial charge in [-0.2, -0.15) is 0 Å². The van der Waals surface area contributed by atoms with Gasteiger partial charge in [-0.1, -0.05) is 41.5 Å². The van der Waals surface area contributed by atoms with Crippen molar-refractivity contribution in [3.8, 4) is 0 Å². The van der Waals surface area contributed by atoms with E-state index in [1.165, 1.54) is 19.4 Å². The van der Waals surface area contributed by atoms with E-state index in [1.54, 1.807) is 0 Å². The lowest BCUT2D eigenvalue weighted by Gasteiger charge is -2.36. The molecule has 1 aliphatic heterocycles. The van der Waals surface area contributed by atoms with Crippen molar-refractivity contribution >= 4 is 5.91 Å². The molecular weight excluding hydrogens is 248 g/mol. The number of carbonyl (C=O) groups excluding carboxylic acids is 1. The maximum Gasteiger partial charge on any atom is 0.223 e. The summed E-state index contributed by atoms with van der Waals surface area (Å²) in [6, 6.07) is 0. The van der Waals surface area contributed by atoms with E-state index in [2.05, 4.69) is 46.4 Å². The number of hydrogen-bond donors (Lipinski definition) is 0. The molecule has 1 rings (SSSR count). The topological polar surface area (TPSA) is 23.6 Å². The number of piperazine rings is 1. The van der Waals surface area contributed by atoms with Gasteiger partial charge in [-0.05, 0) is 30.2 Å². The van der Waals surface area contributed by atoms with Crippen LogP contribution in [-0.4, -0.2) is 48.4 Å². The molecular formula is C17H34N2O. The number of nitrogens with zero attached hydrogens (tertiary/aromatic N) is 2. The second-order valence-corrected chi connectivity index (χ2v) is 8.62. The molecule has 0 saturated carbocycles. The molecule has 0 aromatic carbocycles. The van der Waals surface area contributed by atoms with Gasteiger partial charge in [0.2, 0.25) is 5.91 Å². The lowest BCUT2D eigenvalue weighted by molar-refractivity contribution is -0.134.